The number of halogens is 3. The van der Waals surface area contributed by atoms with Gasteiger partial charge in [0.2, 0.25) is 0 Å². The summed E-state index contributed by atoms with van der Waals surface area (Å²) in [6.07, 6.45) is -0.867. The first kappa shape index (κ1) is 14.5. The normalized spacial score (nSPS) is 18.7. The first-order chi connectivity index (χ1) is 8.88. The second kappa shape index (κ2) is 5.23. The van der Waals surface area contributed by atoms with Gasteiger partial charge in [0.25, 0.3) is 5.56 Å². The minimum Gasteiger partial charge on any atom is -0.304 e. The lowest BCUT2D eigenvalue weighted by molar-refractivity contribution is -0.144. The molecule has 0 bridgehead atoms. The minimum absolute atomic E-state index is 0.102. The van der Waals surface area contributed by atoms with Gasteiger partial charge in [-0.25, -0.2) is 0 Å². The first-order valence-electron chi connectivity index (χ1n) is 6.26. The maximum absolute atomic E-state index is 13.0. The lowest BCUT2D eigenvalue weighted by Gasteiger charge is -2.29. The van der Waals surface area contributed by atoms with Gasteiger partial charge in [-0.05, 0) is 30.1 Å². The van der Waals surface area contributed by atoms with Crippen LogP contribution in [0.2, 0.25) is 0 Å². The lowest BCUT2D eigenvalue weighted by atomic mass is 9.88. The number of rotatable bonds is 3. The highest BCUT2D eigenvalue weighted by Crippen LogP contribution is 2.41. The van der Waals surface area contributed by atoms with Crippen molar-refractivity contribution in [3.63, 3.8) is 0 Å². The van der Waals surface area contributed by atoms with E-state index in [2.05, 4.69) is 12.6 Å². The van der Waals surface area contributed by atoms with Gasteiger partial charge >= 0.3 is 6.18 Å². The fraction of sp³-hybridized carbons (Fsp3) is 0.615. The van der Waals surface area contributed by atoms with Crippen molar-refractivity contribution in [3.05, 3.63) is 34.2 Å². The molecule has 0 N–H and O–H groups in total. The number of thiol groups is 1. The standard InChI is InChI=1S/C13H16F3NOS/c14-13(15,16)10-4-3-5-11(18)17(10)8-12(9-19)6-1-2-7-12/h3-5,19H,1-2,6-9H2. The van der Waals surface area contributed by atoms with Gasteiger partial charge in [0, 0.05) is 12.6 Å². The Morgan fingerprint density at radius 3 is 2.42 bits per heavy atom. The number of aromatic nitrogens is 1. The van der Waals surface area contributed by atoms with Crippen molar-refractivity contribution < 1.29 is 13.2 Å². The van der Waals surface area contributed by atoms with Crippen LogP contribution in [0.5, 0.6) is 0 Å². The summed E-state index contributed by atoms with van der Waals surface area (Å²) in [5.41, 5.74) is -1.75. The van der Waals surface area contributed by atoms with Crippen LogP contribution in [0.25, 0.3) is 0 Å². The molecule has 0 aromatic carbocycles. The van der Waals surface area contributed by atoms with Crippen molar-refractivity contribution in [1.82, 2.24) is 4.57 Å². The Kier molecular flexibility index (Phi) is 3.99. The molecular formula is C13H16F3NOS. The molecule has 1 saturated carbocycles. The highest BCUT2D eigenvalue weighted by atomic mass is 32.1. The van der Waals surface area contributed by atoms with Crippen LogP contribution in [-0.2, 0) is 12.7 Å². The molecule has 19 heavy (non-hydrogen) atoms. The molecule has 0 unspecified atom stereocenters. The topological polar surface area (TPSA) is 22.0 Å². The number of alkyl halides is 3. The second-order valence-electron chi connectivity index (χ2n) is 5.20. The average Bonchev–Trinajstić information content (AvgIpc) is 2.80. The summed E-state index contributed by atoms with van der Waals surface area (Å²) in [5, 5.41) is 0. The Balaban J connectivity index is 2.42. The molecule has 0 amide bonds. The summed E-state index contributed by atoms with van der Waals surface area (Å²) < 4.78 is 39.7. The average molecular weight is 291 g/mol. The summed E-state index contributed by atoms with van der Waals surface area (Å²) in [5.74, 6) is 0.506. The van der Waals surface area contributed by atoms with Crippen molar-refractivity contribution in [2.45, 2.75) is 38.4 Å². The van der Waals surface area contributed by atoms with Crippen LogP contribution in [0.4, 0.5) is 13.2 Å². The molecule has 0 radical (unpaired) electrons. The second-order valence-corrected chi connectivity index (χ2v) is 5.51. The maximum Gasteiger partial charge on any atom is 0.431 e. The predicted octanol–water partition coefficient (Wildman–Crippen LogP) is 3.36. The van der Waals surface area contributed by atoms with E-state index in [1.807, 2.05) is 0 Å². The van der Waals surface area contributed by atoms with Gasteiger partial charge in [-0.15, -0.1) is 0 Å². The van der Waals surface area contributed by atoms with Crippen LogP contribution in [0.15, 0.2) is 23.0 Å². The molecular weight excluding hydrogens is 275 g/mol. The highest BCUT2D eigenvalue weighted by Gasteiger charge is 2.38. The third-order valence-corrected chi connectivity index (χ3v) is 4.50. The van der Waals surface area contributed by atoms with Crippen molar-refractivity contribution in [1.29, 1.82) is 0 Å². The molecule has 1 fully saturated rings. The van der Waals surface area contributed by atoms with Gasteiger partial charge in [0.1, 0.15) is 5.69 Å². The Morgan fingerprint density at radius 2 is 1.89 bits per heavy atom. The van der Waals surface area contributed by atoms with E-state index in [4.69, 9.17) is 0 Å². The number of pyridine rings is 1. The van der Waals surface area contributed by atoms with Gasteiger partial charge in [-0.1, -0.05) is 18.9 Å². The molecule has 106 valence electrons. The van der Waals surface area contributed by atoms with E-state index in [1.54, 1.807) is 0 Å². The summed E-state index contributed by atoms with van der Waals surface area (Å²) in [6, 6.07) is 3.29. The van der Waals surface area contributed by atoms with Crippen LogP contribution >= 0.6 is 12.6 Å². The van der Waals surface area contributed by atoms with Crippen molar-refractivity contribution in [2.75, 3.05) is 5.75 Å². The predicted molar refractivity (Wildman–Crippen MR) is 70.5 cm³/mol. The van der Waals surface area contributed by atoms with Crippen LogP contribution in [0, 0.1) is 5.41 Å². The molecule has 1 aromatic heterocycles. The zero-order valence-electron chi connectivity index (χ0n) is 10.4. The van der Waals surface area contributed by atoms with E-state index in [0.717, 1.165) is 42.4 Å². The smallest absolute Gasteiger partial charge is 0.304 e. The van der Waals surface area contributed by atoms with E-state index in [1.165, 1.54) is 6.07 Å². The first-order valence-corrected chi connectivity index (χ1v) is 6.89. The molecule has 1 aliphatic carbocycles. The van der Waals surface area contributed by atoms with Gasteiger partial charge < -0.3 is 4.57 Å². The van der Waals surface area contributed by atoms with Crippen LogP contribution in [0.1, 0.15) is 31.4 Å². The van der Waals surface area contributed by atoms with Gasteiger partial charge in [-0.3, -0.25) is 4.79 Å². The molecule has 0 spiro atoms. The molecule has 2 nitrogen and oxygen atoms in total. The zero-order valence-corrected chi connectivity index (χ0v) is 11.3. The van der Waals surface area contributed by atoms with Crippen molar-refractivity contribution in [2.24, 2.45) is 5.41 Å². The fourth-order valence-corrected chi connectivity index (χ4v) is 3.17. The molecule has 2 rings (SSSR count). The quantitative estimate of drug-likeness (QED) is 0.848. The van der Waals surface area contributed by atoms with Crippen molar-refractivity contribution in [3.8, 4) is 0 Å². The number of nitrogens with zero attached hydrogens (tertiary/aromatic N) is 1. The zero-order chi connectivity index (χ0) is 14.1. The molecule has 1 aliphatic rings. The van der Waals surface area contributed by atoms with Gasteiger partial charge in [0.15, 0.2) is 0 Å². The van der Waals surface area contributed by atoms with Gasteiger partial charge in [0.05, 0.1) is 0 Å². The number of hydrogen-bond donors (Lipinski definition) is 1. The summed E-state index contributed by atoms with van der Waals surface area (Å²) in [4.78, 5) is 11.8. The summed E-state index contributed by atoms with van der Waals surface area (Å²) in [7, 11) is 0. The SMILES string of the molecule is O=c1cccc(C(F)(F)F)n1CC1(CS)CCCC1. The van der Waals surface area contributed by atoms with E-state index < -0.39 is 17.4 Å². The largest absolute Gasteiger partial charge is 0.431 e. The highest BCUT2D eigenvalue weighted by molar-refractivity contribution is 7.80. The lowest BCUT2D eigenvalue weighted by Crippen LogP contribution is -2.35. The molecule has 1 aromatic rings. The van der Waals surface area contributed by atoms with Gasteiger partial charge in [-0.2, -0.15) is 25.8 Å². The molecule has 0 aliphatic heterocycles. The molecule has 0 atom stereocenters. The molecule has 0 saturated heterocycles. The molecule has 1 heterocycles. The Morgan fingerprint density at radius 1 is 1.26 bits per heavy atom. The number of hydrogen-bond acceptors (Lipinski definition) is 2. The van der Waals surface area contributed by atoms with Crippen molar-refractivity contribution >= 4 is 12.6 Å². The van der Waals surface area contributed by atoms with E-state index in [0.29, 0.717) is 5.75 Å². The van der Waals surface area contributed by atoms with E-state index >= 15 is 0 Å². The Bertz CT molecular complexity index is 503. The third kappa shape index (κ3) is 2.99. The summed E-state index contributed by atoms with van der Waals surface area (Å²) in [6.45, 7) is 0.102. The van der Waals surface area contributed by atoms with Crippen LogP contribution in [-0.4, -0.2) is 10.3 Å². The minimum atomic E-state index is -4.50. The third-order valence-electron chi connectivity index (χ3n) is 3.83. The summed E-state index contributed by atoms with van der Waals surface area (Å²) >= 11 is 4.28. The van der Waals surface area contributed by atoms with E-state index in [-0.39, 0.29) is 12.0 Å². The monoisotopic (exact) mass is 291 g/mol. The fourth-order valence-electron chi connectivity index (χ4n) is 2.76. The maximum atomic E-state index is 13.0. The van der Waals surface area contributed by atoms with Crippen LogP contribution in [0.3, 0.4) is 0 Å². The van der Waals surface area contributed by atoms with Crippen LogP contribution < -0.4 is 5.56 Å². The Labute approximate surface area is 115 Å². The Hall–Kier alpha value is -0.910. The van der Waals surface area contributed by atoms with E-state index in [9.17, 15) is 18.0 Å². The molecule has 6 heteroatoms.